The SMILES string of the molecule is C[Si](C)(C)OC(=O)CCCCCc1cccc(O[Si](C)(C)C)c1. The summed E-state index contributed by atoms with van der Waals surface area (Å²) in [6.45, 7) is 12.7. The molecule has 0 N–H and O–H groups in total. The van der Waals surface area contributed by atoms with Crippen LogP contribution in [0.4, 0.5) is 0 Å². The van der Waals surface area contributed by atoms with E-state index in [0.717, 1.165) is 31.4 Å². The normalized spacial score (nSPS) is 12.1. The summed E-state index contributed by atoms with van der Waals surface area (Å²) in [4.78, 5) is 11.7. The largest absolute Gasteiger partial charge is 0.544 e. The van der Waals surface area contributed by atoms with Crippen LogP contribution in [0.5, 0.6) is 5.75 Å². The highest BCUT2D eigenvalue weighted by Gasteiger charge is 2.19. The highest BCUT2D eigenvalue weighted by Crippen LogP contribution is 2.19. The Labute approximate surface area is 143 Å². The van der Waals surface area contributed by atoms with E-state index >= 15 is 0 Å². The van der Waals surface area contributed by atoms with Crippen molar-refractivity contribution in [1.82, 2.24) is 0 Å². The van der Waals surface area contributed by atoms with Crippen molar-refractivity contribution in [3.05, 3.63) is 29.8 Å². The Kier molecular flexibility index (Phi) is 7.54. The first-order chi connectivity index (χ1) is 10.6. The molecule has 0 aliphatic heterocycles. The molecular formula is C18H32O3Si2. The standard InChI is InChI=1S/C18H32O3Si2/c1-22(2,3)20-17-13-10-12-16(15-17)11-8-7-9-14-18(19)21-23(4,5)6/h10,12-13,15H,7-9,11,14H2,1-6H3. The number of carbonyl (C=O) groups is 1. The zero-order valence-corrected chi connectivity index (χ0v) is 17.6. The van der Waals surface area contributed by atoms with E-state index in [0.29, 0.717) is 6.42 Å². The molecule has 0 atom stereocenters. The second kappa shape index (κ2) is 8.69. The zero-order valence-electron chi connectivity index (χ0n) is 15.6. The molecule has 0 saturated heterocycles. The molecule has 1 rings (SSSR count). The van der Waals surface area contributed by atoms with E-state index in [1.165, 1.54) is 5.56 Å². The number of hydrogen-bond acceptors (Lipinski definition) is 3. The van der Waals surface area contributed by atoms with Crippen molar-refractivity contribution in [3.8, 4) is 5.75 Å². The molecule has 1 aromatic rings. The van der Waals surface area contributed by atoms with E-state index < -0.39 is 16.6 Å². The van der Waals surface area contributed by atoms with Crippen molar-refractivity contribution in [1.29, 1.82) is 0 Å². The van der Waals surface area contributed by atoms with Gasteiger partial charge in [0, 0.05) is 6.42 Å². The Morgan fingerprint density at radius 2 is 1.65 bits per heavy atom. The summed E-state index contributed by atoms with van der Waals surface area (Å²) in [5.74, 6) is 0.954. The third-order valence-electron chi connectivity index (χ3n) is 3.09. The van der Waals surface area contributed by atoms with Gasteiger partial charge in [0.2, 0.25) is 16.6 Å². The molecule has 0 spiro atoms. The molecule has 5 heteroatoms. The lowest BCUT2D eigenvalue weighted by Gasteiger charge is -2.19. The molecule has 23 heavy (non-hydrogen) atoms. The number of aryl methyl sites for hydroxylation is 1. The van der Waals surface area contributed by atoms with Gasteiger partial charge in [-0.1, -0.05) is 18.6 Å². The molecule has 130 valence electrons. The van der Waals surface area contributed by atoms with Crippen LogP contribution < -0.4 is 4.43 Å². The smallest absolute Gasteiger partial charge is 0.292 e. The minimum absolute atomic E-state index is 0.0327. The quantitative estimate of drug-likeness (QED) is 0.442. The van der Waals surface area contributed by atoms with Crippen molar-refractivity contribution in [2.75, 3.05) is 0 Å². The number of unbranched alkanes of at least 4 members (excludes halogenated alkanes) is 2. The molecule has 1 aromatic carbocycles. The fourth-order valence-electron chi connectivity index (χ4n) is 2.29. The topological polar surface area (TPSA) is 35.5 Å². The van der Waals surface area contributed by atoms with Gasteiger partial charge < -0.3 is 8.85 Å². The summed E-state index contributed by atoms with van der Waals surface area (Å²) in [7, 11) is -3.27. The first-order valence-electron chi connectivity index (χ1n) is 8.55. The van der Waals surface area contributed by atoms with Crippen LogP contribution in [-0.4, -0.2) is 22.6 Å². The van der Waals surface area contributed by atoms with E-state index in [1.807, 2.05) is 25.7 Å². The Morgan fingerprint density at radius 1 is 0.957 bits per heavy atom. The fraction of sp³-hybridized carbons (Fsp3) is 0.611. The van der Waals surface area contributed by atoms with Crippen molar-refractivity contribution >= 4 is 22.6 Å². The summed E-state index contributed by atoms with van der Waals surface area (Å²) < 4.78 is 11.5. The van der Waals surface area contributed by atoms with Gasteiger partial charge in [-0.15, -0.1) is 0 Å². The minimum atomic E-state index is -1.73. The van der Waals surface area contributed by atoms with Gasteiger partial charge in [-0.3, -0.25) is 4.79 Å². The van der Waals surface area contributed by atoms with Crippen LogP contribution in [0.25, 0.3) is 0 Å². The Morgan fingerprint density at radius 3 is 2.26 bits per heavy atom. The fourth-order valence-corrected chi connectivity index (χ4v) is 3.90. The van der Waals surface area contributed by atoms with E-state index in [-0.39, 0.29) is 5.97 Å². The lowest BCUT2D eigenvalue weighted by Crippen LogP contribution is -2.29. The van der Waals surface area contributed by atoms with Crippen molar-refractivity contribution in [2.45, 2.75) is 71.4 Å². The molecule has 0 fully saturated rings. The van der Waals surface area contributed by atoms with Crippen LogP contribution in [0, 0.1) is 0 Å². The van der Waals surface area contributed by atoms with E-state index in [4.69, 9.17) is 8.85 Å². The average molecular weight is 353 g/mol. The lowest BCUT2D eigenvalue weighted by molar-refractivity contribution is -0.135. The zero-order chi connectivity index (χ0) is 17.5. The highest BCUT2D eigenvalue weighted by atomic mass is 28.4. The van der Waals surface area contributed by atoms with Crippen LogP contribution in [0.1, 0.15) is 31.2 Å². The maximum absolute atomic E-state index is 11.7. The minimum Gasteiger partial charge on any atom is -0.544 e. The summed E-state index contributed by atoms with van der Waals surface area (Å²) in [6, 6.07) is 8.40. The maximum atomic E-state index is 11.7. The second-order valence-corrected chi connectivity index (χ2v) is 16.9. The van der Waals surface area contributed by atoms with Gasteiger partial charge in [0.25, 0.3) is 5.97 Å². The van der Waals surface area contributed by atoms with Gasteiger partial charge in [-0.25, -0.2) is 0 Å². The van der Waals surface area contributed by atoms with Crippen molar-refractivity contribution in [2.24, 2.45) is 0 Å². The molecule has 0 bridgehead atoms. The van der Waals surface area contributed by atoms with Gasteiger partial charge in [0.05, 0.1) is 0 Å². The predicted molar refractivity (Wildman–Crippen MR) is 102 cm³/mol. The van der Waals surface area contributed by atoms with Gasteiger partial charge >= 0.3 is 0 Å². The Hall–Kier alpha value is -1.08. The first-order valence-corrected chi connectivity index (χ1v) is 15.4. The third-order valence-corrected chi connectivity index (χ3v) is 4.78. The Balaban J connectivity index is 2.28. The molecule has 3 nitrogen and oxygen atoms in total. The number of rotatable bonds is 9. The van der Waals surface area contributed by atoms with Gasteiger partial charge in [0.15, 0.2) is 0 Å². The molecule has 0 aromatic heterocycles. The van der Waals surface area contributed by atoms with E-state index in [9.17, 15) is 4.79 Å². The third kappa shape index (κ3) is 10.3. The Bertz CT molecular complexity index is 502. The molecule has 0 aliphatic carbocycles. The summed E-state index contributed by atoms with van der Waals surface area (Å²) in [5.41, 5.74) is 1.31. The monoisotopic (exact) mass is 352 g/mol. The number of hydrogen-bond donors (Lipinski definition) is 0. The van der Waals surface area contributed by atoms with Gasteiger partial charge in [0.1, 0.15) is 5.75 Å². The molecule has 0 radical (unpaired) electrons. The molecule has 0 unspecified atom stereocenters. The summed E-state index contributed by atoms with van der Waals surface area (Å²) in [5, 5.41) is 0. The molecule has 0 heterocycles. The molecule has 0 aliphatic rings. The highest BCUT2D eigenvalue weighted by molar-refractivity contribution is 6.71. The summed E-state index contributed by atoms with van der Waals surface area (Å²) in [6.07, 6.45) is 4.64. The van der Waals surface area contributed by atoms with Crippen LogP contribution >= 0.6 is 0 Å². The number of benzene rings is 1. The van der Waals surface area contributed by atoms with Crippen LogP contribution in [-0.2, 0) is 15.6 Å². The van der Waals surface area contributed by atoms with E-state index in [1.54, 1.807) is 0 Å². The average Bonchev–Trinajstić information content (AvgIpc) is 2.34. The van der Waals surface area contributed by atoms with Crippen molar-refractivity contribution < 1.29 is 13.6 Å². The van der Waals surface area contributed by atoms with E-state index in [2.05, 4.69) is 37.8 Å². The molecule has 0 saturated carbocycles. The van der Waals surface area contributed by atoms with Gasteiger partial charge in [-0.05, 0) is 76.2 Å². The first kappa shape index (κ1) is 20.0. The summed E-state index contributed by atoms with van der Waals surface area (Å²) >= 11 is 0. The maximum Gasteiger partial charge on any atom is 0.292 e. The molecule has 0 amide bonds. The van der Waals surface area contributed by atoms with Crippen LogP contribution in [0.15, 0.2) is 24.3 Å². The van der Waals surface area contributed by atoms with Gasteiger partial charge in [-0.2, -0.15) is 0 Å². The second-order valence-electron chi connectivity index (χ2n) is 8.01. The van der Waals surface area contributed by atoms with Crippen molar-refractivity contribution in [3.63, 3.8) is 0 Å². The predicted octanol–water partition coefficient (Wildman–Crippen LogP) is 5.38. The van der Waals surface area contributed by atoms with Crippen LogP contribution in [0.3, 0.4) is 0 Å². The molecular weight excluding hydrogens is 320 g/mol. The lowest BCUT2D eigenvalue weighted by atomic mass is 10.1. The number of carbonyl (C=O) groups excluding carboxylic acids is 1. The van der Waals surface area contributed by atoms with Crippen LogP contribution in [0.2, 0.25) is 39.3 Å².